The summed E-state index contributed by atoms with van der Waals surface area (Å²) in [5, 5.41) is 62.1. The summed E-state index contributed by atoms with van der Waals surface area (Å²) in [6, 6.07) is 0. The van der Waals surface area contributed by atoms with Gasteiger partial charge in [0.15, 0.2) is 0 Å². The fourth-order valence-corrected chi connectivity index (χ4v) is 5.22. The fourth-order valence-electron chi connectivity index (χ4n) is 5.22. The van der Waals surface area contributed by atoms with Crippen molar-refractivity contribution in [2.24, 2.45) is 0 Å². The summed E-state index contributed by atoms with van der Waals surface area (Å²) in [6.45, 7) is 5.44. The minimum Gasteiger partial charge on any atom is -0.389 e. The van der Waals surface area contributed by atoms with Crippen molar-refractivity contribution in [3.05, 3.63) is 23.8 Å². The first-order valence-electron chi connectivity index (χ1n) is 15.7. The van der Waals surface area contributed by atoms with Crippen molar-refractivity contribution in [2.45, 2.75) is 114 Å². The SMILES string of the molecule is O[C@@H]1[C@@H](O)CNC[C@H]1OCc1cn(CCCCCCOCCCCCCn2cc(CO[C@H]3CNC[C@@H](O)[C@@H]3O)nn2)nn1. The van der Waals surface area contributed by atoms with Crippen molar-refractivity contribution in [3.8, 4) is 0 Å². The molecule has 6 N–H and O–H groups in total. The molecular formula is C28H50N8O7. The Hall–Kier alpha value is -2.08. The smallest absolute Gasteiger partial charge is 0.108 e. The lowest BCUT2D eigenvalue weighted by molar-refractivity contribution is -0.109. The molecule has 2 aliphatic rings. The van der Waals surface area contributed by atoms with Gasteiger partial charge in [0.05, 0.1) is 50.0 Å². The van der Waals surface area contributed by atoms with Gasteiger partial charge >= 0.3 is 0 Å². The van der Waals surface area contributed by atoms with Crippen LogP contribution >= 0.6 is 0 Å². The maximum absolute atomic E-state index is 10.0. The maximum atomic E-state index is 10.0. The average molecular weight is 611 g/mol. The van der Waals surface area contributed by atoms with Crippen LogP contribution in [0.15, 0.2) is 12.4 Å². The van der Waals surface area contributed by atoms with Gasteiger partial charge in [0, 0.05) is 52.5 Å². The predicted octanol–water partition coefficient (Wildman–Crippen LogP) is -0.872. The van der Waals surface area contributed by atoms with Crippen molar-refractivity contribution >= 4 is 0 Å². The molecule has 0 spiro atoms. The second-order valence-corrected chi connectivity index (χ2v) is 11.5. The van der Waals surface area contributed by atoms with Crippen LogP contribution in [0.1, 0.15) is 62.8 Å². The van der Waals surface area contributed by atoms with Crippen LogP contribution < -0.4 is 10.6 Å². The second kappa shape index (κ2) is 18.7. The van der Waals surface area contributed by atoms with E-state index in [4.69, 9.17) is 14.2 Å². The summed E-state index contributed by atoms with van der Waals surface area (Å²) >= 11 is 0. The first-order valence-corrected chi connectivity index (χ1v) is 15.7. The maximum Gasteiger partial charge on any atom is 0.108 e. The molecule has 15 heteroatoms. The largest absolute Gasteiger partial charge is 0.389 e. The van der Waals surface area contributed by atoms with Crippen LogP contribution in [0.4, 0.5) is 0 Å². The highest BCUT2D eigenvalue weighted by molar-refractivity contribution is 4.93. The van der Waals surface area contributed by atoms with E-state index in [1.165, 1.54) is 0 Å². The van der Waals surface area contributed by atoms with Crippen LogP contribution in [0.3, 0.4) is 0 Å². The highest BCUT2D eigenvalue weighted by Crippen LogP contribution is 2.12. The number of piperidine rings is 2. The molecule has 2 aromatic heterocycles. The zero-order chi connectivity index (χ0) is 30.3. The van der Waals surface area contributed by atoms with E-state index in [-0.39, 0.29) is 13.2 Å². The zero-order valence-electron chi connectivity index (χ0n) is 25.0. The van der Waals surface area contributed by atoms with Crippen molar-refractivity contribution in [2.75, 3.05) is 39.4 Å². The third-order valence-electron chi connectivity index (χ3n) is 7.86. The van der Waals surface area contributed by atoms with Gasteiger partial charge < -0.3 is 45.3 Å². The number of aryl methyl sites for hydroxylation is 2. The Morgan fingerprint density at radius 3 is 1.53 bits per heavy atom. The number of aliphatic hydroxyl groups excluding tert-OH is 4. The van der Waals surface area contributed by atoms with Crippen LogP contribution in [-0.2, 0) is 40.5 Å². The minimum atomic E-state index is -0.890. The molecule has 2 aliphatic heterocycles. The van der Waals surface area contributed by atoms with Crippen LogP contribution in [-0.4, -0.2) is 126 Å². The number of ether oxygens (including phenoxy) is 3. The molecule has 0 aliphatic carbocycles. The van der Waals surface area contributed by atoms with Crippen molar-refractivity contribution in [1.82, 2.24) is 40.6 Å². The molecule has 0 radical (unpaired) electrons. The van der Waals surface area contributed by atoms with E-state index in [9.17, 15) is 20.4 Å². The van der Waals surface area contributed by atoms with Crippen LogP contribution in [0.5, 0.6) is 0 Å². The van der Waals surface area contributed by atoms with E-state index in [0.717, 1.165) is 77.7 Å². The molecule has 6 atom stereocenters. The van der Waals surface area contributed by atoms with E-state index in [1.807, 2.05) is 21.8 Å². The topological polar surface area (TPSA) is 194 Å². The summed E-state index contributed by atoms with van der Waals surface area (Å²) in [4.78, 5) is 0. The second-order valence-electron chi connectivity index (χ2n) is 11.5. The van der Waals surface area contributed by atoms with E-state index in [2.05, 4.69) is 31.3 Å². The van der Waals surface area contributed by atoms with Gasteiger partial charge in [-0.3, -0.25) is 9.36 Å². The summed E-state index contributed by atoms with van der Waals surface area (Å²) in [5.41, 5.74) is 1.43. The average Bonchev–Trinajstić information content (AvgIpc) is 3.66. The van der Waals surface area contributed by atoms with Gasteiger partial charge in [-0.2, -0.15) is 0 Å². The quantitative estimate of drug-likeness (QED) is 0.101. The number of unbranched alkanes of at least 4 members (excludes halogenated alkanes) is 6. The Morgan fingerprint density at radius 1 is 0.628 bits per heavy atom. The first-order chi connectivity index (χ1) is 21.0. The number of nitrogens with one attached hydrogen (secondary N) is 2. The Balaban J connectivity index is 0.920. The summed E-state index contributed by atoms with van der Waals surface area (Å²) in [5.74, 6) is 0. The third kappa shape index (κ3) is 11.7. The summed E-state index contributed by atoms with van der Waals surface area (Å²) < 4.78 is 20.9. The molecule has 0 saturated carbocycles. The molecule has 0 bridgehead atoms. The molecule has 15 nitrogen and oxygen atoms in total. The number of rotatable bonds is 20. The number of β-amino-alcohol motifs (C(OH)–C–C–N with tert-alkyl or cyclic N) is 2. The molecule has 0 aromatic carbocycles. The highest BCUT2D eigenvalue weighted by Gasteiger charge is 2.32. The molecule has 0 unspecified atom stereocenters. The minimum absolute atomic E-state index is 0.255. The number of nitrogens with zero attached hydrogens (tertiary/aromatic N) is 6. The molecular weight excluding hydrogens is 560 g/mol. The van der Waals surface area contributed by atoms with Crippen LogP contribution in [0.2, 0.25) is 0 Å². The van der Waals surface area contributed by atoms with Crippen molar-refractivity contribution in [3.63, 3.8) is 0 Å². The van der Waals surface area contributed by atoms with Gasteiger partial charge in [0.2, 0.25) is 0 Å². The fraction of sp³-hybridized carbons (Fsp3) is 0.857. The van der Waals surface area contributed by atoms with Crippen LogP contribution in [0, 0.1) is 0 Å². The molecule has 244 valence electrons. The summed E-state index contributed by atoms with van der Waals surface area (Å²) in [7, 11) is 0. The van der Waals surface area contributed by atoms with E-state index >= 15 is 0 Å². The van der Waals surface area contributed by atoms with E-state index < -0.39 is 36.6 Å². The Bertz CT molecular complexity index is 949. The lowest BCUT2D eigenvalue weighted by Gasteiger charge is -2.32. The Morgan fingerprint density at radius 2 is 1.07 bits per heavy atom. The van der Waals surface area contributed by atoms with Gasteiger partial charge in [-0.1, -0.05) is 36.1 Å². The first kappa shape index (κ1) is 33.8. The van der Waals surface area contributed by atoms with Crippen molar-refractivity contribution < 1.29 is 34.6 Å². The monoisotopic (exact) mass is 610 g/mol. The number of hydrogen-bond acceptors (Lipinski definition) is 13. The van der Waals surface area contributed by atoms with Crippen LogP contribution in [0.25, 0.3) is 0 Å². The third-order valence-corrected chi connectivity index (χ3v) is 7.86. The molecule has 2 fully saturated rings. The Kier molecular flexibility index (Phi) is 14.7. The predicted molar refractivity (Wildman–Crippen MR) is 155 cm³/mol. The molecule has 4 rings (SSSR count). The van der Waals surface area contributed by atoms with Gasteiger partial charge in [-0.15, -0.1) is 10.2 Å². The van der Waals surface area contributed by atoms with E-state index in [1.54, 1.807) is 0 Å². The zero-order valence-corrected chi connectivity index (χ0v) is 25.0. The molecule has 4 heterocycles. The van der Waals surface area contributed by atoms with Gasteiger partial charge in [-0.25, -0.2) is 0 Å². The van der Waals surface area contributed by atoms with Gasteiger partial charge in [-0.05, 0) is 25.7 Å². The normalized spacial score (nSPS) is 26.2. The number of aliphatic hydroxyl groups is 4. The molecule has 2 saturated heterocycles. The number of aromatic nitrogens is 6. The molecule has 0 amide bonds. The molecule has 2 aromatic rings. The van der Waals surface area contributed by atoms with Gasteiger partial charge in [0.1, 0.15) is 23.6 Å². The lowest BCUT2D eigenvalue weighted by Crippen LogP contribution is -2.54. The van der Waals surface area contributed by atoms with E-state index in [0.29, 0.717) is 37.6 Å². The highest BCUT2D eigenvalue weighted by atomic mass is 16.5. The van der Waals surface area contributed by atoms with Crippen molar-refractivity contribution in [1.29, 1.82) is 0 Å². The lowest BCUT2D eigenvalue weighted by atomic mass is 10.0. The number of hydrogen-bond donors (Lipinski definition) is 6. The summed E-state index contributed by atoms with van der Waals surface area (Å²) in [6.07, 6.45) is 8.00. The standard InChI is InChI=1S/C28H50N8O7/c37-23-13-29-15-25(27(23)39)42-19-21-17-35(33-31-21)9-5-1-3-7-11-41-12-8-4-2-6-10-36-18-22(32-34-36)20-43-26-16-30-14-24(38)28(26)40/h17-18,23-30,37-40H,1-16,19-20H2/t23-,24+,25+,26-,27+,28-. The Labute approximate surface area is 252 Å². The molecule has 43 heavy (non-hydrogen) atoms. The van der Waals surface area contributed by atoms with Gasteiger partial charge in [0.25, 0.3) is 0 Å².